The van der Waals surface area contributed by atoms with Crippen LogP contribution in [0.1, 0.15) is 102 Å². The summed E-state index contributed by atoms with van der Waals surface area (Å²) in [5, 5.41) is 46.4. The van der Waals surface area contributed by atoms with E-state index in [1.54, 1.807) is 31.0 Å². The van der Waals surface area contributed by atoms with E-state index in [-0.39, 0.29) is 61.0 Å². The molecule has 66 heavy (non-hydrogen) atoms. The van der Waals surface area contributed by atoms with Gasteiger partial charge in [-0.05, 0) is 100 Å². The van der Waals surface area contributed by atoms with Gasteiger partial charge in [-0.2, -0.15) is 41.8 Å². The molecule has 2 fully saturated rings. The van der Waals surface area contributed by atoms with Crippen molar-refractivity contribution >= 4 is 44.8 Å². The highest BCUT2D eigenvalue weighted by Crippen LogP contribution is 2.41. The Balaban J connectivity index is 1.12. The summed E-state index contributed by atoms with van der Waals surface area (Å²) in [7, 11) is 0. The Morgan fingerprint density at radius 2 is 1.44 bits per heavy atom. The lowest BCUT2D eigenvalue weighted by atomic mass is 9.91. The van der Waals surface area contributed by atoms with Gasteiger partial charge in [0.15, 0.2) is 17.3 Å². The number of hydrogen-bond donors (Lipinski definition) is 3. The molecule has 8 rings (SSSR count). The topological polar surface area (TPSA) is 161 Å². The largest absolute Gasteiger partial charge is 0.435 e. The van der Waals surface area contributed by atoms with Gasteiger partial charge in [-0.15, -0.1) is 10.2 Å². The van der Waals surface area contributed by atoms with Crippen LogP contribution in [0, 0.1) is 32.1 Å². The lowest BCUT2D eigenvalue weighted by molar-refractivity contribution is -0.140. The van der Waals surface area contributed by atoms with E-state index < -0.39 is 41.3 Å². The Bertz CT molecular complexity index is 2850. The van der Waals surface area contributed by atoms with Gasteiger partial charge in [0, 0.05) is 43.4 Å². The maximum Gasteiger partial charge on any atom is 0.435 e. The molecule has 19 heteroatoms. The summed E-state index contributed by atoms with van der Waals surface area (Å²) in [5.74, 6) is 0.547. The summed E-state index contributed by atoms with van der Waals surface area (Å²) in [5.41, 5.74) is 2.39. The van der Waals surface area contributed by atoms with Crippen molar-refractivity contribution in [3.63, 3.8) is 0 Å². The van der Waals surface area contributed by atoms with Crippen molar-refractivity contribution in [3.8, 4) is 6.07 Å². The Hall–Kier alpha value is -6.39. The molecule has 2 aromatic carbocycles. The quantitative estimate of drug-likeness (QED) is 0.112. The van der Waals surface area contributed by atoms with Crippen molar-refractivity contribution in [2.45, 2.75) is 90.8 Å². The summed E-state index contributed by atoms with van der Waals surface area (Å²) in [6, 6.07) is 12.4. The standard InChI is InChI=1S/C47H49F6N11O2/c1-25-33(28(4)57-44-35-22-39(64-16-18-66-19-17-64)42(47(51,52)53)58-40(35)29(5)59-61-44)11-10-30(36(25)23-54)20-38-41-34(21-31(24-55-41)63-14-12-45(6,65)13-15-63)43(62-60-38)56-27(3)32-8-7-9-37(26(32)2)46(48,49)50/h7-11,21-22,24,27-28,65H,12-20H2,1-6H3,(H,56,62)(H,57,61)/t27-,28-/m1/s1. The van der Waals surface area contributed by atoms with Crippen LogP contribution in [0.25, 0.3) is 21.8 Å². The average Bonchev–Trinajstić information content (AvgIpc) is 3.27. The number of alkyl halides is 6. The fraction of sp³-hybridized carbons (Fsp3) is 0.426. The van der Waals surface area contributed by atoms with Gasteiger partial charge in [0.1, 0.15) is 0 Å². The molecule has 0 unspecified atom stereocenters. The fourth-order valence-electron chi connectivity index (χ4n) is 9.00. The second-order valence-corrected chi connectivity index (χ2v) is 17.4. The van der Waals surface area contributed by atoms with Gasteiger partial charge in [0.05, 0.1) is 88.1 Å². The second kappa shape index (κ2) is 17.8. The van der Waals surface area contributed by atoms with E-state index in [0.717, 1.165) is 17.3 Å². The van der Waals surface area contributed by atoms with Gasteiger partial charge in [-0.1, -0.05) is 24.3 Å². The molecule has 0 radical (unpaired) electrons. The number of aryl methyl sites for hydroxylation is 1. The first-order valence-corrected chi connectivity index (χ1v) is 21.7. The molecule has 0 aliphatic carbocycles. The third-order valence-corrected chi connectivity index (χ3v) is 12.8. The first kappa shape index (κ1) is 46.2. The van der Waals surface area contributed by atoms with Crippen LogP contribution in [-0.4, -0.2) is 80.5 Å². The van der Waals surface area contributed by atoms with Gasteiger partial charge < -0.3 is 30.3 Å². The normalized spacial score (nSPS) is 16.6. The zero-order chi connectivity index (χ0) is 47.3. The second-order valence-electron chi connectivity index (χ2n) is 17.4. The Morgan fingerprint density at radius 3 is 2.08 bits per heavy atom. The van der Waals surface area contributed by atoms with E-state index in [1.165, 1.54) is 19.1 Å². The molecule has 0 spiro atoms. The van der Waals surface area contributed by atoms with Gasteiger partial charge in [-0.25, -0.2) is 4.98 Å². The number of anilines is 4. The van der Waals surface area contributed by atoms with Crippen molar-refractivity contribution in [1.29, 1.82) is 5.26 Å². The number of aromatic nitrogens is 6. The highest BCUT2D eigenvalue weighted by Gasteiger charge is 2.39. The lowest BCUT2D eigenvalue weighted by Crippen LogP contribution is -2.42. The summed E-state index contributed by atoms with van der Waals surface area (Å²) in [6.07, 6.45) is -6.26. The lowest BCUT2D eigenvalue weighted by Gasteiger charge is -2.37. The van der Waals surface area contributed by atoms with Crippen LogP contribution in [-0.2, 0) is 23.5 Å². The monoisotopic (exact) mass is 913 g/mol. The predicted molar refractivity (Wildman–Crippen MR) is 238 cm³/mol. The minimum Gasteiger partial charge on any atom is -0.390 e. The molecule has 0 amide bonds. The molecule has 0 saturated carbocycles. The van der Waals surface area contributed by atoms with Crippen LogP contribution in [0.15, 0.2) is 48.7 Å². The number of nitriles is 1. The molecule has 4 aromatic heterocycles. The van der Waals surface area contributed by atoms with Crippen LogP contribution in [0.4, 0.5) is 49.4 Å². The molecule has 2 aliphatic heterocycles. The number of piperidine rings is 1. The van der Waals surface area contributed by atoms with E-state index in [9.17, 15) is 36.7 Å². The number of halogens is 6. The first-order chi connectivity index (χ1) is 31.2. The molecule has 2 saturated heterocycles. The molecule has 6 heterocycles. The number of benzene rings is 2. The van der Waals surface area contributed by atoms with Gasteiger partial charge in [0.25, 0.3) is 0 Å². The minimum atomic E-state index is -4.72. The van der Waals surface area contributed by atoms with Crippen LogP contribution in [0.2, 0.25) is 0 Å². The molecule has 13 nitrogen and oxygen atoms in total. The number of pyridine rings is 2. The third kappa shape index (κ3) is 9.21. The van der Waals surface area contributed by atoms with E-state index in [1.807, 2.05) is 39.0 Å². The van der Waals surface area contributed by atoms with E-state index in [2.05, 4.69) is 47.0 Å². The summed E-state index contributed by atoms with van der Waals surface area (Å²) >= 11 is 0. The molecule has 346 valence electrons. The highest BCUT2D eigenvalue weighted by molar-refractivity contribution is 5.94. The van der Waals surface area contributed by atoms with E-state index >= 15 is 0 Å². The molecule has 2 aliphatic rings. The van der Waals surface area contributed by atoms with E-state index in [0.29, 0.717) is 76.0 Å². The van der Waals surface area contributed by atoms with Crippen molar-refractivity contribution in [3.05, 3.63) is 105 Å². The van der Waals surface area contributed by atoms with Crippen LogP contribution >= 0.6 is 0 Å². The molecule has 3 N–H and O–H groups in total. The molecule has 0 bridgehead atoms. The molecular weight excluding hydrogens is 865 g/mol. The average molecular weight is 914 g/mol. The zero-order valence-electron chi connectivity index (χ0n) is 37.3. The predicted octanol–water partition coefficient (Wildman–Crippen LogP) is 9.32. The summed E-state index contributed by atoms with van der Waals surface area (Å²) in [4.78, 5) is 12.7. The fourth-order valence-corrected chi connectivity index (χ4v) is 9.00. The van der Waals surface area contributed by atoms with Crippen LogP contribution < -0.4 is 20.4 Å². The van der Waals surface area contributed by atoms with Gasteiger partial charge in [0.2, 0.25) is 0 Å². The Morgan fingerprint density at radius 1 is 0.803 bits per heavy atom. The number of aliphatic hydroxyl groups is 1. The smallest absolute Gasteiger partial charge is 0.390 e. The van der Waals surface area contributed by atoms with Crippen molar-refractivity contribution in [2.24, 2.45) is 0 Å². The van der Waals surface area contributed by atoms with E-state index in [4.69, 9.17) is 9.72 Å². The Kier molecular flexibility index (Phi) is 12.4. The van der Waals surface area contributed by atoms with Crippen LogP contribution in [0.5, 0.6) is 0 Å². The van der Waals surface area contributed by atoms with Gasteiger partial charge >= 0.3 is 12.4 Å². The Labute approximate surface area is 377 Å². The third-order valence-electron chi connectivity index (χ3n) is 12.8. The highest BCUT2D eigenvalue weighted by atomic mass is 19.4. The molecule has 2 atom stereocenters. The maximum atomic E-state index is 14.4. The number of fused-ring (bicyclic) bond motifs is 2. The maximum absolute atomic E-state index is 14.4. The zero-order valence-corrected chi connectivity index (χ0v) is 37.3. The number of nitrogens with one attached hydrogen (secondary N) is 2. The summed E-state index contributed by atoms with van der Waals surface area (Å²) in [6.45, 7) is 12.5. The van der Waals surface area contributed by atoms with Gasteiger partial charge in [-0.3, -0.25) is 4.98 Å². The van der Waals surface area contributed by atoms with Crippen molar-refractivity contribution < 1.29 is 36.2 Å². The first-order valence-electron chi connectivity index (χ1n) is 21.7. The number of ether oxygens (including phenoxy) is 1. The molecular formula is C47H49F6N11O2. The minimum absolute atomic E-state index is 0.0633. The van der Waals surface area contributed by atoms with Crippen molar-refractivity contribution in [2.75, 3.05) is 59.8 Å². The summed E-state index contributed by atoms with van der Waals surface area (Å²) < 4.78 is 90.2. The number of nitrogens with zero attached hydrogens (tertiary/aromatic N) is 9. The number of rotatable bonds is 10. The van der Waals surface area contributed by atoms with Crippen molar-refractivity contribution in [1.82, 2.24) is 30.4 Å². The van der Waals surface area contributed by atoms with Crippen LogP contribution in [0.3, 0.4) is 0 Å². The number of hydrogen-bond acceptors (Lipinski definition) is 13. The molecule has 6 aromatic rings. The SMILES string of the molecule is Cc1c([C@@H](C)Nc2nnc(Cc3ccc([C@@H](C)Nc4nnc(C)c5nc(C(F)(F)F)c(N6CCOCC6)cc45)c(C)c3C#N)c3ncc(N4CCC(C)(O)CC4)cc23)cccc1C(F)(F)F. The number of morpholine rings is 1.